The van der Waals surface area contributed by atoms with Crippen LogP contribution in [-0.2, 0) is 4.74 Å². The molecular weight excluding hydrogens is 372 g/mol. The average Bonchev–Trinajstić information content (AvgIpc) is 2.61. The van der Waals surface area contributed by atoms with Gasteiger partial charge in [0.15, 0.2) is 12.4 Å². The summed E-state index contributed by atoms with van der Waals surface area (Å²) in [4.78, 5) is 24.3. The lowest BCUT2D eigenvalue weighted by Crippen LogP contribution is -2.15. The molecule has 2 aromatic carbocycles. The molecule has 0 unspecified atom stereocenters. The molecule has 0 aliphatic carbocycles. The van der Waals surface area contributed by atoms with E-state index in [0.717, 1.165) is 17.3 Å². The maximum absolute atomic E-state index is 12.3. The van der Waals surface area contributed by atoms with Crippen molar-refractivity contribution in [3.8, 4) is 5.75 Å². The van der Waals surface area contributed by atoms with E-state index in [2.05, 4.69) is 22.9 Å². The molecule has 0 aliphatic rings. The van der Waals surface area contributed by atoms with Gasteiger partial charge in [0.1, 0.15) is 11.3 Å². The molecule has 0 aromatic heterocycles. The van der Waals surface area contributed by atoms with E-state index in [1.807, 2.05) is 6.07 Å². The fraction of sp³-hybridized carbons (Fsp3) is 0.263. The second-order valence-electron chi connectivity index (χ2n) is 5.21. The van der Waals surface area contributed by atoms with E-state index < -0.39 is 5.97 Å². The molecule has 5 heteroatoms. The van der Waals surface area contributed by atoms with Gasteiger partial charge in [-0.25, -0.2) is 4.79 Å². The van der Waals surface area contributed by atoms with Crippen molar-refractivity contribution in [2.75, 3.05) is 13.2 Å². The van der Waals surface area contributed by atoms with Crippen LogP contribution in [0.4, 0.5) is 0 Å². The molecule has 0 atom stereocenters. The van der Waals surface area contributed by atoms with Crippen LogP contribution in [0.15, 0.2) is 53.0 Å². The van der Waals surface area contributed by atoms with Crippen LogP contribution in [0.5, 0.6) is 5.75 Å². The molecule has 4 nitrogen and oxygen atoms in total. The molecular formula is C19H19BrO4. The van der Waals surface area contributed by atoms with Crippen molar-refractivity contribution in [3.05, 3.63) is 64.1 Å². The normalized spacial score (nSPS) is 10.2. The van der Waals surface area contributed by atoms with Crippen molar-refractivity contribution in [2.45, 2.75) is 19.8 Å². The van der Waals surface area contributed by atoms with E-state index in [9.17, 15) is 9.59 Å². The van der Waals surface area contributed by atoms with E-state index in [1.54, 1.807) is 42.5 Å². The smallest absolute Gasteiger partial charge is 0.342 e. The molecule has 126 valence electrons. The average molecular weight is 391 g/mol. The highest BCUT2D eigenvalue weighted by Crippen LogP contribution is 2.24. The Hall–Kier alpha value is -2.14. The Morgan fingerprint density at radius 3 is 2.54 bits per heavy atom. The van der Waals surface area contributed by atoms with Crippen molar-refractivity contribution in [3.63, 3.8) is 0 Å². The summed E-state index contributed by atoms with van der Waals surface area (Å²) in [5.74, 6) is -0.358. The number of hydrogen-bond donors (Lipinski definition) is 0. The molecule has 0 fully saturated rings. The fourth-order valence-electron chi connectivity index (χ4n) is 2.03. The predicted octanol–water partition coefficient (Wildman–Crippen LogP) is 4.67. The number of hydrogen-bond acceptors (Lipinski definition) is 4. The summed E-state index contributed by atoms with van der Waals surface area (Å²) in [7, 11) is 0. The lowest BCUT2D eigenvalue weighted by atomic mass is 10.1. The number of ketones is 1. The van der Waals surface area contributed by atoms with Crippen LogP contribution in [0.1, 0.15) is 40.5 Å². The number of halogens is 1. The van der Waals surface area contributed by atoms with Crippen LogP contribution in [0, 0.1) is 0 Å². The van der Waals surface area contributed by atoms with Crippen molar-refractivity contribution >= 4 is 27.7 Å². The van der Waals surface area contributed by atoms with Crippen LogP contribution >= 0.6 is 15.9 Å². The highest BCUT2D eigenvalue weighted by molar-refractivity contribution is 9.10. The molecule has 0 saturated carbocycles. The molecule has 24 heavy (non-hydrogen) atoms. The minimum atomic E-state index is -0.577. The summed E-state index contributed by atoms with van der Waals surface area (Å²) < 4.78 is 11.5. The van der Waals surface area contributed by atoms with Gasteiger partial charge in [0, 0.05) is 10.0 Å². The summed E-state index contributed by atoms with van der Waals surface area (Å²) in [5.41, 5.74) is 0.820. The zero-order chi connectivity index (χ0) is 17.4. The fourth-order valence-corrected chi connectivity index (χ4v) is 2.39. The second-order valence-corrected chi connectivity index (χ2v) is 6.12. The Morgan fingerprint density at radius 2 is 1.83 bits per heavy atom. The van der Waals surface area contributed by atoms with Crippen LogP contribution in [-0.4, -0.2) is 25.0 Å². The van der Waals surface area contributed by atoms with Gasteiger partial charge in [0.25, 0.3) is 0 Å². The molecule has 0 bridgehead atoms. The monoisotopic (exact) mass is 390 g/mol. The van der Waals surface area contributed by atoms with Crippen molar-refractivity contribution in [2.24, 2.45) is 0 Å². The van der Waals surface area contributed by atoms with Gasteiger partial charge in [-0.05, 0) is 24.6 Å². The third kappa shape index (κ3) is 5.20. The number of Topliss-reactive ketones (excluding diaryl/α,β-unsaturated/α-hetero) is 1. The van der Waals surface area contributed by atoms with E-state index in [0.29, 0.717) is 23.5 Å². The number of ether oxygens (including phenoxy) is 2. The zero-order valence-electron chi connectivity index (χ0n) is 13.5. The molecule has 0 saturated heterocycles. The summed E-state index contributed by atoms with van der Waals surface area (Å²) >= 11 is 3.33. The predicted molar refractivity (Wildman–Crippen MR) is 95.6 cm³/mol. The van der Waals surface area contributed by atoms with E-state index in [1.165, 1.54) is 0 Å². The van der Waals surface area contributed by atoms with Crippen molar-refractivity contribution in [1.29, 1.82) is 0 Å². The maximum atomic E-state index is 12.3. The Balaban J connectivity index is 2.03. The first-order valence-electron chi connectivity index (χ1n) is 7.79. The van der Waals surface area contributed by atoms with Crippen LogP contribution < -0.4 is 4.74 Å². The first kappa shape index (κ1) is 18.2. The highest BCUT2D eigenvalue weighted by Gasteiger charge is 2.17. The van der Waals surface area contributed by atoms with Crippen LogP contribution in [0.3, 0.4) is 0 Å². The van der Waals surface area contributed by atoms with E-state index >= 15 is 0 Å². The lowest BCUT2D eigenvalue weighted by Gasteiger charge is -2.11. The largest absolute Gasteiger partial charge is 0.493 e. The number of carbonyl (C=O) groups excluding carboxylic acids is 2. The van der Waals surface area contributed by atoms with Gasteiger partial charge in [-0.2, -0.15) is 0 Å². The van der Waals surface area contributed by atoms with Gasteiger partial charge in [0.05, 0.1) is 6.61 Å². The van der Waals surface area contributed by atoms with Gasteiger partial charge in [-0.1, -0.05) is 59.6 Å². The number of esters is 1. The molecule has 2 aromatic rings. The Bertz CT molecular complexity index is 698. The summed E-state index contributed by atoms with van der Waals surface area (Å²) in [5, 5.41) is 0. The molecule has 0 aliphatic heterocycles. The maximum Gasteiger partial charge on any atom is 0.342 e. The summed E-state index contributed by atoms with van der Waals surface area (Å²) in [6.07, 6.45) is 1.90. The standard InChI is InChI=1S/C19H19BrO4/c1-2-3-11-23-18-10-9-15(20)12-16(18)19(22)24-13-17(21)14-7-5-4-6-8-14/h4-10,12H,2-3,11,13H2,1H3. The van der Waals surface area contributed by atoms with Crippen LogP contribution in [0.25, 0.3) is 0 Å². The van der Waals surface area contributed by atoms with Gasteiger partial charge in [-0.3, -0.25) is 4.79 Å². The summed E-state index contributed by atoms with van der Waals surface area (Å²) in [6.45, 7) is 2.29. The minimum Gasteiger partial charge on any atom is -0.493 e. The molecule has 2 rings (SSSR count). The Labute approximate surface area is 149 Å². The Morgan fingerprint density at radius 1 is 1.08 bits per heavy atom. The quantitative estimate of drug-likeness (QED) is 0.373. The third-order valence-corrected chi connectivity index (χ3v) is 3.84. The molecule has 0 amide bonds. The second kappa shape index (κ2) is 9.23. The first-order chi connectivity index (χ1) is 11.6. The van der Waals surface area contributed by atoms with Gasteiger partial charge >= 0.3 is 5.97 Å². The number of carbonyl (C=O) groups is 2. The molecule has 0 radical (unpaired) electrons. The van der Waals surface area contributed by atoms with E-state index in [-0.39, 0.29) is 12.4 Å². The lowest BCUT2D eigenvalue weighted by molar-refractivity contribution is 0.0470. The molecule has 0 spiro atoms. The third-order valence-electron chi connectivity index (χ3n) is 3.35. The zero-order valence-corrected chi connectivity index (χ0v) is 15.0. The topological polar surface area (TPSA) is 52.6 Å². The SMILES string of the molecule is CCCCOc1ccc(Br)cc1C(=O)OCC(=O)c1ccccc1. The van der Waals surface area contributed by atoms with Gasteiger partial charge in [0.2, 0.25) is 0 Å². The number of benzene rings is 2. The van der Waals surface area contributed by atoms with Gasteiger partial charge in [-0.15, -0.1) is 0 Å². The minimum absolute atomic E-state index is 0.243. The number of unbranched alkanes of at least 4 members (excludes halogenated alkanes) is 1. The summed E-state index contributed by atoms with van der Waals surface area (Å²) in [6, 6.07) is 13.9. The van der Waals surface area contributed by atoms with Gasteiger partial charge < -0.3 is 9.47 Å². The molecule has 0 heterocycles. The van der Waals surface area contributed by atoms with Crippen molar-refractivity contribution in [1.82, 2.24) is 0 Å². The molecule has 0 N–H and O–H groups in total. The van der Waals surface area contributed by atoms with Crippen LogP contribution in [0.2, 0.25) is 0 Å². The highest BCUT2D eigenvalue weighted by atomic mass is 79.9. The van der Waals surface area contributed by atoms with Crippen molar-refractivity contribution < 1.29 is 19.1 Å². The Kier molecular flexibility index (Phi) is 7.00. The first-order valence-corrected chi connectivity index (χ1v) is 8.59. The number of rotatable bonds is 8. The van der Waals surface area contributed by atoms with E-state index in [4.69, 9.17) is 9.47 Å².